The molecule has 0 radical (unpaired) electrons. The van der Waals surface area contributed by atoms with E-state index in [0.717, 1.165) is 57.3 Å². The molecule has 34 heavy (non-hydrogen) atoms. The van der Waals surface area contributed by atoms with Gasteiger partial charge in [0.25, 0.3) is 5.91 Å². The highest BCUT2D eigenvalue weighted by atomic mass is 19.1. The molecule has 2 N–H and O–H groups in total. The van der Waals surface area contributed by atoms with Crippen LogP contribution in [-0.2, 0) is 12.8 Å². The van der Waals surface area contributed by atoms with Crippen LogP contribution in [0, 0.1) is 17.6 Å². The zero-order valence-corrected chi connectivity index (χ0v) is 19.4. The van der Waals surface area contributed by atoms with E-state index >= 15 is 0 Å². The van der Waals surface area contributed by atoms with Gasteiger partial charge in [-0.3, -0.25) is 4.79 Å². The quantitative estimate of drug-likeness (QED) is 0.636. The van der Waals surface area contributed by atoms with Gasteiger partial charge in [-0.2, -0.15) is 0 Å². The van der Waals surface area contributed by atoms with Crippen molar-refractivity contribution in [3.05, 3.63) is 64.7 Å². The van der Waals surface area contributed by atoms with E-state index in [-0.39, 0.29) is 5.56 Å². The number of carbonyl (C=O) groups is 2. The first-order valence-electron chi connectivity index (χ1n) is 11.9. The summed E-state index contributed by atoms with van der Waals surface area (Å²) in [4.78, 5) is 27.7. The summed E-state index contributed by atoms with van der Waals surface area (Å²) >= 11 is 0. The third-order valence-corrected chi connectivity index (χ3v) is 7.14. The number of benzene rings is 2. The molecule has 0 saturated carbocycles. The molecular weight excluding hydrogens is 440 g/mol. The van der Waals surface area contributed by atoms with Crippen molar-refractivity contribution >= 4 is 17.7 Å². The predicted octanol–water partition coefficient (Wildman–Crippen LogP) is 4.79. The van der Waals surface area contributed by atoms with E-state index in [1.165, 1.54) is 16.0 Å². The summed E-state index contributed by atoms with van der Waals surface area (Å²) in [6.07, 6.45) is 3.83. The van der Waals surface area contributed by atoms with Gasteiger partial charge < -0.3 is 20.2 Å². The molecule has 1 unspecified atom stereocenters. The topological polar surface area (TPSA) is 72.9 Å². The number of amides is 2. The average molecular weight is 472 g/mol. The Morgan fingerprint density at radius 1 is 1.09 bits per heavy atom. The van der Waals surface area contributed by atoms with Crippen molar-refractivity contribution in [3.8, 4) is 0 Å². The van der Waals surface area contributed by atoms with Gasteiger partial charge in [0.1, 0.15) is 11.6 Å². The van der Waals surface area contributed by atoms with E-state index in [0.29, 0.717) is 36.8 Å². The van der Waals surface area contributed by atoms with Crippen molar-refractivity contribution in [2.45, 2.75) is 45.1 Å². The Morgan fingerprint density at radius 3 is 2.53 bits per heavy atom. The second-order valence-electron chi connectivity index (χ2n) is 9.26. The maximum Gasteiger partial charge on any atom is 0.407 e. The number of piperidine rings is 1. The first-order chi connectivity index (χ1) is 16.3. The van der Waals surface area contributed by atoms with Gasteiger partial charge >= 0.3 is 6.09 Å². The molecule has 0 aromatic heterocycles. The highest BCUT2D eigenvalue weighted by molar-refractivity contribution is 6.04. The lowest BCUT2D eigenvalue weighted by atomic mass is 9.86. The molecule has 182 valence electrons. The summed E-state index contributed by atoms with van der Waals surface area (Å²) in [5.41, 5.74) is 2.83. The lowest BCUT2D eigenvalue weighted by Crippen LogP contribution is -2.45. The third kappa shape index (κ3) is 5.55. The monoisotopic (exact) mass is 471 g/mol. The van der Waals surface area contributed by atoms with Crippen molar-refractivity contribution in [3.63, 3.8) is 0 Å². The maximum atomic E-state index is 14.0. The summed E-state index contributed by atoms with van der Waals surface area (Å²) in [6.45, 7) is 5.25. The Hall–Kier alpha value is -3.00. The molecule has 1 aliphatic carbocycles. The molecule has 0 spiro atoms. The number of hydrogen-bond acceptors (Lipinski definition) is 3. The van der Waals surface area contributed by atoms with E-state index in [9.17, 15) is 23.5 Å². The lowest BCUT2D eigenvalue weighted by molar-refractivity contribution is 0.101. The second kappa shape index (κ2) is 10.5. The highest BCUT2D eigenvalue weighted by Crippen LogP contribution is 2.29. The molecule has 2 aromatic rings. The van der Waals surface area contributed by atoms with Crippen molar-refractivity contribution in [1.29, 1.82) is 0 Å². The number of carbonyl (C=O) groups excluding carboxylic acids is 1. The fraction of sp³-hybridized carbons (Fsp3) is 0.462. The number of anilines is 1. The molecule has 2 aliphatic rings. The molecule has 2 aromatic carbocycles. The Labute approximate surface area is 198 Å². The number of aryl methyl sites for hydroxylation is 1. The summed E-state index contributed by atoms with van der Waals surface area (Å²) in [5, 5.41) is 11.9. The number of nitrogens with zero attached hydrogens (tertiary/aromatic N) is 2. The van der Waals surface area contributed by atoms with Gasteiger partial charge in [0.15, 0.2) is 0 Å². The number of fused-ring (bicyclic) bond motifs is 1. The number of likely N-dealkylation sites (tertiary alicyclic amines) is 1. The van der Waals surface area contributed by atoms with E-state index in [1.54, 1.807) is 0 Å². The van der Waals surface area contributed by atoms with Gasteiger partial charge in [0.05, 0.1) is 5.56 Å². The lowest BCUT2D eigenvalue weighted by Gasteiger charge is -2.39. The fourth-order valence-corrected chi connectivity index (χ4v) is 5.17. The number of likely N-dealkylation sites (N-methyl/N-ethyl adjacent to an activating group) is 1. The SMILES string of the molecule is CCN(CC1CCN(C(=O)O)CC1)C1CCc2ccc(NC(=O)c3ccc(F)cc3F)cc2C1. The minimum atomic E-state index is -0.886. The molecular formula is C26H31F2N3O3. The van der Waals surface area contributed by atoms with Crippen LogP contribution < -0.4 is 5.32 Å². The molecule has 4 rings (SSSR count). The normalized spacial score (nSPS) is 18.6. The summed E-state index contributed by atoms with van der Waals surface area (Å²) in [5.74, 6) is -1.72. The van der Waals surface area contributed by atoms with Crippen LogP contribution in [0.25, 0.3) is 0 Å². The molecule has 2 amide bonds. The predicted molar refractivity (Wildman–Crippen MR) is 126 cm³/mol. The Balaban J connectivity index is 1.39. The van der Waals surface area contributed by atoms with E-state index < -0.39 is 23.6 Å². The number of hydrogen-bond donors (Lipinski definition) is 2. The Bertz CT molecular complexity index is 1050. The first-order valence-corrected chi connectivity index (χ1v) is 11.9. The van der Waals surface area contributed by atoms with Crippen LogP contribution in [0.2, 0.25) is 0 Å². The number of halogens is 2. The van der Waals surface area contributed by atoms with Gasteiger partial charge in [0, 0.05) is 37.4 Å². The Morgan fingerprint density at radius 2 is 1.85 bits per heavy atom. The fourth-order valence-electron chi connectivity index (χ4n) is 5.17. The minimum Gasteiger partial charge on any atom is -0.465 e. The number of nitrogens with one attached hydrogen (secondary N) is 1. The molecule has 8 heteroatoms. The zero-order valence-electron chi connectivity index (χ0n) is 19.4. The largest absolute Gasteiger partial charge is 0.465 e. The van der Waals surface area contributed by atoms with Crippen molar-refractivity contribution in [2.75, 3.05) is 31.5 Å². The number of carboxylic acid groups (broad SMARTS) is 1. The zero-order chi connectivity index (χ0) is 24.2. The number of rotatable bonds is 6. The Kier molecular flexibility index (Phi) is 7.46. The first kappa shape index (κ1) is 24.1. The molecule has 1 atom stereocenters. The van der Waals surface area contributed by atoms with Gasteiger partial charge in [-0.05, 0) is 80.0 Å². The molecule has 1 saturated heterocycles. The van der Waals surface area contributed by atoms with E-state index in [1.807, 2.05) is 18.2 Å². The van der Waals surface area contributed by atoms with E-state index in [2.05, 4.69) is 17.1 Å². The van der Waals surface area contributed by atoms with Crippen LogP contribution >= 0.6 is 0 Å². The molecule has 1 heterocycles. The van der Waals surface area contributed by atoms with Crippen LogP contribution in [0.15, 0.2) is 36.4 Å². The summed E-state index contributed by atoms with van der Waals surface area (Å²) in [7, 11) is 0. The van der Waals surface area contributed by atoms with Crippen molar-refractivity contribution in [2.24, 2.45) is 5.92 Å². The van der Waals surface area contributed by atoms with Crippen LogP contribution in [0.1, 0.15) is 47.7 Å². The minimum absolute atomic E-state index is 0.192. The van der Waals surface area contributed by atoms with Crippen LogP contribution in [0.5, 0.6) is 0 Å². The maximum absolute atomic E-state index is 14.0. The summed E-state index contributed by atoms with van der Waals surface area (Å²) < 4.78 is 27.1. The van der Waals surface area contributed by atoms with Gasteiger partial charge in [0.2, 0.25) is 0 Å². The smallest absolute Gasteiger partial charge is 0.407 e. The molecule has 1 aliphatic heterocycles. The third-order valence-electron chi connectivity index (χ3n) is 7.14. The molecule has 1 fully saturated rings. The highest BCUT2D eigenvalue weighted by Gasteiger charge is 2.28. The van der Waals surface area contributed by atoms with Gasteiger partial charge in [-0.1, -0.05) is 13.0 Å². The van der Waals surface area contributed by atoms with E-state index in [4.69, 9.17) is 0 Å². The van der Waals surface area contributed by atoms with Gasteiger partial charge in [-0.15, -0.1) is 0 Å². The van der Waals surface area contributed by atoms with Crippen LogP contribution in [-0.4, -0.2) is 59.1 Å². The van der Waals surface area contributed by atoms with Gasteiger partial charge in [-0.25, -0.2) is 13.6 Å². The molecule has 6 nitrogen and oxygen atoms in total. The summed E-state index contributed by atoms with van der Waals surface area (Å²) in [6, 6.07) is 9.11. The standard InChI is InChI=1S/C26H31F2N3O3/c1-2-30(16-17-9-11-31(12-10-17)26(33)34)22-7-4-18-3-6-21(13-19(18)14-22)29-25(32)23-8-5-20(27)15-24(23)28/h3,5-6,8,13,15,17,22H,2,4,7,9-12,14,16H2,1H3,(H,29,32)(H,33,34). The van der Waals surface area contributed by atoms with Crippen LogP contribution in [0.3, 0.4) is 0 Å². The average Bonchev–Trinajstić information content (AvgIpc) is 2.82. The van der Waals surface area contributed by atoms with Crippen LogP contribution in [0.4, 0.5) is 19.3 Å². The van der Waals surface area contributed by atoms with Crippen molar-refractivity contribution in [1.82, 2.24) is 9.80 Å². The second-order valence-corrected chi connectivity index (χ2v) is 9.26. The molecule has 0 bridgehead atoms. The van der Waals surface area contributed by atoms with Crippen molar-refractivity contribution < 1.29 is 23.5 Å².